The third-order valence-corrected chi connectivity index (χ3v) is 6.97. The number of rotatable bonds is 6. The summed E-state index contributed by atoms with van der Waals surface area (Å²) in [5.41, 5.74) is 3.87. The number of para-hydroxylation sites is 2. The molecule has 8 heteroatoms. The van der Waals surface area contributed by atoms with Crippen molar-refractivity contribution in [1.29, 1.82) is 0 Å². The van der Waals surface area contributed by atoms with Crippen LogP contribution in [0.5, 0.6) is 0 Å². The molecule has 1 aliphatic rings. The number of hydroxylamine groups is 2. The average molecular weight is 469 g/mol. The van der Waals surface area contributed by atoms with Crippen LogP contribution in [-0.4, -0.2) is 44.7 Å². The van der Waals surface area contributed by atoms with Crippen LogP contribution in [0.1, 0.15) is 46.4 Å². The van der Waals surface area contributed by atoms with Gasteiger partial charge in [0, 0.05) is 45.5 Å². The van der Waals surface area contributed by atoms with Gasteiger partial charge in [-0.25, -0.2) is 0 Å². The maximum absolute atomic E-state index is 13.2. The molecular formula is C27H23N3O5. The largest absolute Gasteiger partial charge is 0.469 e. The van der Waals surface area contributed by atoms with Crippen molar-refractivity contribution in [3.8, 4) is 0 Å². The summed E-state index contributed by atoms with van der Waals surface area (Å²) in [7, 11) is 1.39. The van der Waals surface area contributed by atoms with Gasteiger partial charge >= 0.3 is 5.97 Å². The number of carbonyl (C=O) groups excluding carboxylic acids is 3. The first-order valence-corrected chi connectivity index (χ1v) is 11.6. The van der Waals surface area contributed by atoms with E-state index in [9.17, 15) is 19.6 Å². The smallest absolute Gasteiger partial charge is 0.305 e. The highest BCUT2D eigenvalue weighted by Crippen LogP contribution is 2.44. The van der Waals surface area contributed by atoms with Gasteiger partial charge in [-0.2, -0.15) is 0 Å². The highest BCUT2D eigenvalue weighted by Gasteiger charge is 2.41. The Kier molecular flexibility index (Phi) is 4.86. The SMILES string of the molecule is COC(=O)CCCCCn1c2ccccc2c2c3c(c4c5ccccc5[nH]c4c21)C(=O)N(O)C3=O. The summed E-state index contributed by atoms with van der Waals surface area (Å²) in [5, 5.41) is 13.6. The van der Waals surface area contributed by atoms with Crippen molar-refractivity contribution in [2.24, 2.45) is 0 Å². The highest BCUT2D eigenvalue weighted by atomic mass is 16.5. The van der Waals surface area contributed by atoms with Gasteiger partial charge in [0.05, 0.1) is 29.3 Å². The molecule has 0 spiro atoms. The third kappa shape index (κ3) is 2.99. The number of H-pyrrole nitrogens is 1. The molecule has 0 saturated heterocycles. The summed E-state index contributed by atoms with van der Waals surface area (Å²) in [6.45, 7) is 0.666. The van der Waals surface area contributed by atoms with Gasteiger partial charge in [-0.15, -0.1) is 5.06 Å². The van der Waals surface area contributed by atoms with E-state index >= 15 is 0 Å². The number of aryl methyl sites for hydroxylation is 1. The van der Waals surface area contributed by atoms with Gasteiger partial charge in [0.15, 0.2) is 0 Å². The Hall–Kier alpha value is -4.17. The summed E-state index contributed by atoms with van der Waals surface area (Å²) in [6, 6.07) is 15.5. The highest BCUT2D eigenvalue weighted by molar-refractivity contribution is 6.38. The maximum atomic E-state index is 13.2. The van der Waals surface area contributed by atoms with E-state index < -0.39 is 11.8 Å². The fraction of sp³-hybridized carbons (Fsp3) is 0.222. The normalized spacial score (nSPS) is 13.6. The Morgan fingerprint density at radius 3 is 2.37 bits per heavy atom. The molecule has 5 aromatic rings. The fourth-order valence-corrected chi connectivity index (χ4v) is 5.43. The molecular weight excluding hydrogens is 446 g/mol. The number of hydrogen-bond donors (Lipinski definition) is 2. The number of ether oxygens (including phenoxy) is 1. The standard InChI is InChI=1S/C27H23N3O5/c1-35-19(31)13-3-2-8-14-29-18-12-7-5-10-16(18)21-23-22(26(32)30(34)27(23)33)20-15-9-4-6-11-17(15)28-24(20)25(21)29/h4-7,9-12,28,34H,2-3,8,13-14H2,1H3. The second kappa shape index (κ2) is 7.95. The lowest BCUT2D eigenvalue weighted by Gasteiger charge is -2.09. The van der Waals surface area contributed by atoms with E-state index in [1.807, 2.05) is 48.5 Å². The molecule has 3 aromatic carbocycles. The fourth-order valence-electron chi connectivity index (χ4n) is 5.43. The van der Waals surface area contributed by atoms with Crippen LogP contribution < -0.4 is 0 Å². The lowest BCUT2D eigenvalue weighted by Crippen LogP contribution is -2.25. The molecule has 0 atom stereocenters. The number of nitrogens with zero attached hydrogens (tertiary/aromatic N) is 2. The lowest BCUT2D eigenvalue weighted by atomic mass is 9.97. The van der Waals surface area contributed by atoms with Crippen molar-refractivity contribution >= 4 is 61.4 Å². The van der Waals surface area contributed by atoms with Gasteiger partial charge in [-0.05, 0) is 25.0 Å². The van der Waals surface area contributed by atoms with E-state index in [0.29, 0.717) is 23.7 Å². The van der Waals surface area contributed by atoms with E-state index in [1.165, 1.54) is 7.11 Å². The predicted octanol–water partition coefficient (Wildman–Crippen LogP) is 5.15. The number of esters is 1. The van der Waals surface area contributed by atoms with E-state index in [-0.39, 0.29) is 22.2 Å². The second-order valence-electron chi connectivity index (χ2n) is 8.87. The van der Waals surface area contributed by atoms with Crippen LogP contribution >= 0.6 is 0 Å². The Balaban J connectivity index is 1.63. The zero-order chi connectivity index (χ0) is 24.3. The van der Waals surface area contributed by atoms with Crippen molar-refractivity contribution in [3.05, 3.63) is 59.7 Å². The number of fused-ring (bicyclic) bond motifs is 10. The summed E-state index contributed by atoms with van der Waals surface area (Å²) >= 11 is 0. The summed E-state index contributed by atoms with van der Waals surface area (Å²) in [6.07, 6.45) is 2.77. The Bertz CT molecular complexity index is 1690. The molecule has 176 valence electrons. The van der Waals surface area contributed by atoms with Gasteiger partial charge in [0.25, 0.3) is 11.8 Å². The van der Waals surface area contributed by atoms with Crippen molar-refractivity contribution in [2.75, 3.05) is 7.11 Å². The number of nitrogens with one attached hydrogen (secondary N) is 1. The molecule has 0 radical (unpaired) electrons. The lowest BCUT2D eigenvalue weighted by molar-refractivity contribution is -0.140. The van der Waals surface area contributed by atoms with Crippen molar-refractivity contribution < 1.29 is 24.3 Å². The summed E-state index contributed by atoms with van der Waals surface area (Å²) in [5.74, 6) is -1.63. The van der Waals surface area contributed by atoms with Gasteiger partial charge < -0.3 is 14.3 Å². The molecule has 2 N–H and O–H groups in total. The average Bonchev–Trinajstić information content (AvgIpc) is 3.49. The molecule has 0 fully saturated rings. The van der Waals surface area contributed by atoms with Crippen LogP contribution in [0.4, 0.5) is 0 Å². The molecule has 2 amide bonds. The van der Waals surface area contributed by atoms with Crippen LogP contribution in [0.2, 0.25) is 0 Å². The molecule has 2 aromatic heterocycles. The molecule has 3 heterocycles. The van der Waals surface area contributed by atoms with Gasteiger partial charge in [-0.1, -0.05) is 42.8 Å². The van der Waals surface area contributed by atoms with Crippen LogP contribution in [0.3, 0.4) is 0 Å². The minimum atomic E-state index is -0.707. The molecule has 6 rings (SSSR count). The van der Waals surface area contributed by atoms with Crippen molar-refractivity contribution in [3.63, 3.8) is 0 Å². The number of amides is 2. The number of methoxy groups -OCH3 is 1. The Morgan fingerprint density at radius 1 is 0.914 bits per heavy atom. The monoisotopic (exact) mass is 469 g/mol. The van der Waals surface area contributed by atoms with Crippen molar-refractivity contribution in [1.82, 2.24) is 14.6 Å². The Morgan fingerprint density at radius 2 is 1.60 bits per heavy atom. The van der Waals surface area contributed by atoms with Crippen LogP contribution in [0, 0.1) is 0 Å². The van der Waals surface area contributed by atoms with Gasteiger partial charge in [0.2, 0.25) is 0 Å². The zero-order valence-corrected chi connectivity index (χ0v) is 19.1. The quantitative estimate of drug-likeness (QED) is 0.155. The first-order valence-electron chi connectivity index (χ1n) is 11.6. The Labute approximate surface area is 199 Å². The predicted molar refractivity (Wildman–Crippen MR) is 132 cm³/mol. The molecule has 0 unspecified atom stereocenters. The first kappa shape index (κ1) is 21.4. The van der Waals surface area contributed by atoms with Crippen molar-refractivity contribution in [2.45, 2.75) is 32.2 Å². The minimum absolute atomic E-state index is 0.214. The van der Waals surface area contributed by atoms with E-state index in [4.69, 9.17) is 4.74 Å². The summed E-state index contributed by atoms with van der Waals surface area (Å²) < 4.78 is 6.91. The molecule has 0 bridgehead atoms. The van der Waals surface area contributed by atoms with E-state index in [0.717, 1.165) is 52.1 Å². The molecule has 8 nitrogen and oxygen atoms in total. The molecule has 0 saturated carbocycles. The second-order valence-corrected chi connectivity index (χ2v) is 8.87. The van der Waals surface area contributed by atoms with Crippen LogP contribution in [0.25, 0.3) is 43.6 Å². The number of unbranched alkanes of at least 4 members (excludes halogenated alkanes) is 2. The molecule has 1 aliphatic heterocycles. The first-order chi connectivity index (χ1) is 17.0. The summed E-state index contributed by atoms with van der Waals surface area (Å²) in [4.78, 5) is 41.2. The number of carbonyl (C=O) groups is 3. The molecule has 35 heavy (non-hydrogen) atoms. The number of aromatic amines is 1. The van der Waals surface area contributed by atoms with Crippen LogP contribution in [0.15, 0.2) is 48.5 Å². The minimum Gasteiger partial charge on any atom is -0.469 e. The zero-order valence-electron chi connectivity index (χ0n) is 19.1. The number of benzene rings is 3. The van der Waals surface area contributed by atoms with Gasteiger partial charge in [0.1, 0.15) is 0 Å². The number of aromatic nitrogens is 2. The van der Waals surface area contributed by atoms with Gasteiger partial charge in [-0.3, -0.25) is 19.6 Å². The van der Waals surface area contributed by atoms with Crippen LogP contribution in [-0.2, 0) is 16.1 Å². The van der Waals surface area contributed by atoms with E-state index in [2.05, 4.69) is 9.55 Å². The topological polar surface area (TPSA) is 105 Å². The van der Waals surface area contributed by atoms with E-state index in [1.54, 1.807) is 0 Å². The molecule has 0 aliphatic carbocycles. The number of imide groups is 1. The third-order valence-electron chi connectivity index (χ3n) is 6.97. The number of hydrogen-bond acceptors (Lipinski definition) is 5. The maximum Gasteiger partial charge on any atom is 0.305 e.